The summed E-state index contributed by atoms with van der Waals surface area (Å²) in [6, 6.07) is 4.33. The van der Waals surface area contributed by atoms with E-state index < -0.39 is 0 Å². The summed E-state index contributed by atoms with van der Waals surface area (Å²) in [5.74, 6) is 0.929. The Morgan fingerprint density at radius 2 is 2.06 bits per heavy atom. The number of nitrogens with one attached hydrogen (secondary N) is 1. The number of nitrogens with zero attached hydrogens (tertiary/aromatic N) is 1. The molecule has 1 aliphatic heterocycles. The van der Waals surface area contributed by atoms with Crippen molar-refractivity contribution in [2.75, 3.05) is 5.32 Å². The third-order valence-corrected chi connectivity index (χ3v) is 3.15. The molecule has 0 bridgehead atoms. The molecule has 0 unspecified atom stereocenters. The van der Waals surface area contributed by atoms with Crippen molar-refractivity contribution in [3.05, 3.63) is 34.5 Å². The van der Waals surface area contributed by atoms with E-state index in [2.05, 4.69) is 36.5 Å². The van der Waals surface area contributed by atoms with Crippen LogP contribution in [0.2, 0.25) is 0 Å². The van der Waals surface area contributed by atoms with Gasteiger partial charge in [-0.1, -0.05) is 11.2 Å². The van der Waals surface area contributed by atoms with Gasteiger partial charge in [0.25, 0.3) is 0 Å². The third kappa shape index (κ3) is 1.18. The fraction of sp³-hybridized carbons (Fsp3) is 0.308. The summed E-state index contributed by atoms with van der Waals surface area (Å²) in [5.41, 5.74) is 6.98. The van der Waals surface area contributed by atoms with Gasteiger partial charge in [-0.2, -0.15) is 0 Å². The van der Waals surface area contributed by atoms with Crippen LogP contribution in [-0.4, -0.2) is 5.16 Å². The Morgan fingerprint density at radius 3 is 2.88 bits per heavy atom. The number of hydrogen-bond acceptors (Lipinski definition) is 3. The Hall–Kier alpha value is -1.77. The first-order chi connectivity index (χ1) is 7.66. The van der Waals surface area contributed by atoms with Crippen molar-refractivity contribution in [2.45, 2.75) is 27.3 Å². The van der Waals surface area contributed by atoms with Gasteiger partial charge in [0, 0.05) is 23.4 Å². The molecular formula is C13H14N2O. The molecule has 2 heterocycles. The van der Waals surface area contributed by atoms with Gasteiger partial charge in [0.15, 0.2) is 5.76 Å². The topological polar surface area (TPSA) is 38.1 Å². The Bertz CT molecular complexity index is 570. The summed E-state index contributed by atoms with van der Waals surface area (Å²) in [6.45, 7) is 7.01. The molecule has 0 atom stereocenters. The molecule has 3 heteroatoms. The molecule has 16 heavy (non-hydrogen) atoms. The van der Waals surface area contributed by atoms with E-state index in [1.54, 1.807) is 0 Å². The number of aromatic nitrogens is 1. The number of anilines is 1. The van der Waals surface area contributed by atoms with Crippen LogP contribution in [0.3, 0.4) is 0 Å². The van der Waals surface area contributed by atoms with Crippen LogP contribution >= 0.6 is 0 Å². The second kappa shape index (κ2) is 3.11. The highest BCUT2D eigenvalue weighted by atomic mass is 16.5. The minimum absolute atomic E-state index is 0.807. The van der Waals surface area contributed by atoms with Crippen LogP contribution in [-0.2, 0) is 6.54 Å². The average molecular weight is 214 g/mol. The van der Waals surface area contributed by atoms with Gasteiger partial charge in [-0.3, -0.25) is 0 Å². The number of aryl methyl sites for hydroxylation is 3. The first-order valence-electron chi connectivity index (χ1n) is 5.47. The van der Waals surface area contributed by atoms with Gasteiger partial charge in [-0.15, -0.1) is 0 Å². The van der Waals surface area contributed by atoms with E-state index in [4.69, 9.17) is 4.52 Å². The van der Waals surface area contributed by atoms with Gasteiger partial charge in [-0.25, -0.2) is 0 Å². The van der Waals surface area contributed by atoms with E-state index in [0.717, 1.165) is 23.6 Å². The van der Waals surface area contributed by atoms with Crippen molar-refractivity contribution in [1.29, 1.82) is 0 Å². The van der Waals surface area contributed by atoms with Gasteiger partial charge in [0.2, 0.25) is 0 Å². The summed E-state index contributed by atoms with van der Waals surface area (Å²) >= 11 is 0. The zero-order chi connectivity index (χ0) is 11.3. The number of hydrogen-bond donors (Lipinski definition) is 1. The third-order valence-electron chi connectivity index (χ3n) is 3.15. The maximum atomic E-state index is 5.43. The summed E-state index contributed by atoms with van der Waals surface area (Å²) in [5, 5.41) is 7.48. The van der Waals surface area contributed by atoms with Crippen LogP contribution in [0.15, 0.2) is 16.7 Å². The lowest BCUT2D eigenvalue weighted by Crippen LogP contribution is -2.09. The van der Waals surface area contributed by atoms with E-state index in [0.29, 0.717) is 0 Å². The molecule has 0 radical (unpaired) electrons. The Morgan fingerprint density at radius 1 is 1.25 bits per heavy atom. The summed E-state index contributed by atoms with van der Waals surface area (Å²) in [6.07, 6.45) is 0. The Balaban J connectivity index is 2.31. The zero-order valence-electron chi connectivity index (χ0n) is 9.72. The predicted molar refractivity (Wildman–Crippen MR) is 63.5 cm³/mol. The lowest BCUT2D eigenvalue weighted by atomic mass is 9.96. The van der Waals surface area contributed by atoms with Crippen molar-refractivity contribution in [3.8, 4) is 11.3 Å². The van der Waals surface area contributed by atoms with Gasteiger partial charge < -0.3 is 9.84 Å². The molecule has 0 aliphatic carbocycles. The van der Waals surface area contributed by atoms with E-state index in [1.165, 1.54) is 22.4 Å². The maximum Gasteiger partial charge on any atom is 0.174 e. The summed E-state index contributed by atoms with van der Waals surface area (Å²) < 4.78 is 5.43. The SMILES string of the molecule is Cc1cc(C)c2c(c1)-c1onc(C)c1CN2. The maximum absolute atomic E-state index is 5.43. The molecule has 1 aromatic heterocycles. The molecular weight excluding hydrogens is 200 g/mol. The molecule has 3 nitrogen and oxygen atoms in total. The molecule has 1 N–H and O–H groups in total. The number of fused-ring (bicyclic) bond motifs is 3. The fourth-order valence-electron chi connectivity index (χ4n) is 2.37. The van der Waals surface area contributed by atoms with Gasteiger partial charge in [0.1, 0.15) is 0 Å². The average Bonchev–Trinajstić information content (AvgIpc) is 2.60. The molecule has 0 fully saturated rings. The first-order valence-corrected chi connectivity index (χ1v) is 5.47. The molecule has 2 aromatic rings. The van der Waals surface area contributed by atoms with E-state index in [1.807, 2.05) is 6.92 Å². The van der Waals surface area contributed by atoms with Gasteiger partial charge in [-0.05, 0) is 38.0 Å². The highest BCUT2D eigenvalue weighted by molar-refractivity contribution is 5.82. The molecule has 0 spiro atoms. The normalized spacial score (nSPS) is 12.9. The van der Waals surface area contributed by atoms with Crippen molar-refractivity contribution in [2.24, 2.45) is 0 Å². The van der Waals surface area contributed by atoms with Crippen LogP contribution in [0.1, 0.15) is 22.4 Å². The number of rotatable bonds is 0. The van der Waals surface area contributed by atoms with Crippen LogP contribution in [0, 0.1) is 20.8 Å². The number of benzene rings is 1. The van der Waals surface area contributed by atoms with Gasteiger partial charge in [0.05, 0.1) is 5.69 Å². The van der Waals surface area contributed by atoms with E-state index in [-0.39, 0.29) is 0 Å². The van der Waals surface area contributed by atoms with Gasteiger partial charge >= 0.3 is 0 Å². The molecule has 3 rings (SSSR count). The molecule has 82 valence electrons. The second-order valence-electron chi connectivity index (χ2n) is 4.43. The minimum atomic E-state index is 0.807. The molecule has 0 saturated carbocycles. The van der Waals surface area contributed by atoms with Crippen LogP contribution in [0.25, 0.3) is 11.3 Å². The highest BCUT2D eigenvalue weighted by Crippen LogP contribution is 2.39. The van der Waals surface area contributed by atoms with Crippen molar-refractivity contribution < 1.29 is 4.52 Å². The first kappa shape index (κ1) is 9.46. The Kier molecular flexibility index (Phi) is 1.84. The van der Waals surface area contributed by atoms with Crippen molar-refractivity contribution in [1.82, 2.24) is 5.16 Å². The summed E-state index contributed by atoms with van der Waals surface area (Å²) in [4.78, 5) is 0. The molecule has 0 amide bonds. The zero-order valence-corrected chi connectivity index (χ0v) is 9.72. The highest BCUT2D eigenvalue weighted by Gasteiger charge is 2.23. The van der Waals surface area contributed by atoms with Crippen molar-refractivity contribution in [3.63, 3.8) is 0 Å². The van der Waals surface area contributed by atoms with Crippen molar-refractivity contribution >= 4 is 5.69 Å². The molecule has 1 aromatic carbocycles. The minimum Gasteiger partial charge on any atom is -0.380 e. The monoisotopic (exact) mass is 214 g/mol. The van der Waals surface area contributed by atoms with E-state index >= 15 is 0 Å². The summed E-state index contributed by atoms with van der Waals surface area (Å²) in [7, 11) is 0. The molecule has 0 saturated heterocycles. The smallest absolute Gasteiger partial charge is 0.174 e. The van der Waals surface area contributed by atoms with E-state index in [9.17, 15) is 0 Å². The van der Waals surface area contributed by atoms with Crippen LogP contribution < -0.4 is 5.32 Å². The fourth-order valence-corrected chi connectivity index (χ4v) is 2.37. The standard InChI is InChI=1S/C13H14N2O/c1-7-4-8(2)12-10(5-7)13-11(6-14-12)9(3)15-16-13/h4-5,14H,6H2,1-3H3. The molecule has 1 aliphatic rings. The predicted octanol–water partition coefficient (Wildman–Crippen LogP) is 3.19. The lowest BCUT2D eigenvalue weighted by molar-refractivity contribution is 0.426. The van der Waals surface area contributed by atoms with Crippen LogP contribution in [0.4, 0.5) is 5.69 Å². The second-order valence-corrected chi connectivity index (χ2v) is 4.43. The Labute approximate surface area is 94.5 Å². The largest absolute Gasteiger partial charge is 0.380 e. The van der Waals surface area contributed by atoms with Crippen LogP contribution in [0.5, 0.6) is 0 Å². The quantitative estimate of drug-likeness (QED) is 0.731. The lowest BCUT2D eigenvalue weighted by Gasteiger charge is -2.19.